The number of fused-ring (bicyclic) bond motifs is 1. The fourth-order valence-electron chi connectivity index (χ4n) is 3.52. The Morgan fingerprint density at radius 3 is 2.66 bits per heavy atom. The number of hydrogen-bond acceptors (Lipinski definition) is 6. The second-order valence-corrected chi connectivity index (χ2v) is 8.23. The summed E-state index contributed by atoms with van der Waals surface area (Å²) in [6.45, 7) is 5.68. The first-order valence-electron chi connectivity index (χ1n) is 9.10. The quantitative estimate of drug-likeness (QED) is 0.690. The molecule has 0 spiro atoms. The average Bonchev–Trinajstić information content (AvgIpc) is 3.31. The Morgan fingerprint density at radius 2 is 2.00 bits per heavy atom. The molecule has 154 valence electrons. The average molecular weight is 424 g/mol. The number of nitrogens with one attached hydrogen (secondary N) is 1. The van der Waals surface area contributed by atoms with Crippen LogP contribution in [0.15, 0.2) is 12.3 Å². The Balaban J connectivity index is 1.70. The molecule has 1 fully saturated rings. The number of nitrogens with zero attached hydrogens (tertiary/aromatic N) is 5. The molecular weight excluding hydrogens is 405 g/mol. The van der Waals surface area contributed by atoms with Crippen molar-refractivity contribution in [1.82, 2.24) is 19.6 Å². The molecule has 1 amide bonds. The lowest BCUT2D eigenvalue weighted by molar-refractivity contribution is -0.146. The Kier molecular flexibility index (Phi) is 4.72. The largest absolute Gasteiger partial charge is 0.408 e. The van der Waals surface area contributed by atoms with Crippen LogP contribution in [0.5, 0.6) is 0 Å². The van der Waals surface area contributed by atoms with Crippen LogP contribution in [0.3, 0.4) is 0 Å². The summed E-state index contributed by atoms with van der Waals surface area (Å²) in [5.74, 6) is -0.253. The number of aromatic nitrogens is 4. The molecular formula is C18H19F3N6OS. The minimum absolute atomic E-state index is 0.0325. The van der Waals surface area contributed by atoms with Gasteiger partial charge in [-0.05, 0) is 39.7 Å². The number of thiazole rings is 1. The molecule has 1 saturated heterocycles. The number of hydrogen-bond donors (Lipinski definition) is 1. The van der Waals surface area contributed by atoms with Crippen molar-refractivity contribution < 1.29 is 18.0 Å². The van der Waals surface area contributed by atoms with E-state index in [2.05, 4.69) is 20.4 Å². The molecule has 0 unspecified atom stereocenters. The van der Waals surface area contributed by atoms with Crippen LogP contribution in [0.2, 0.25) is 0 Å². The highest BCUT2D eigenvalue weighted by molar-refractivity contribution is 7.15. The monoisotopic (exact) mass is 424 g/mol. The minimum Gasteiger partial charge on any atom is -0.344 e. The van der Waals surface area contributed by atoms with Gasteiger partial charge < -0.3 is 4.90 Å². The van der Waals surface area contributed by atoms with E-state index in [9.17, 15) is 18.0 Å². The molecule has 0 bridgehead atoms. The van der Waals surface area contributed by atoms with Crippen molar-refractivity contribution in [3.63, 3.8) is 0 Å². The van der Waals surface area contributed by atoms with Gasteiger partial charge in [-0.3, -0.25) is 10.1 Å². The Hall–Kier alpha value is -2.69. The molecule has 0 aromatic carbocycles. The fourth-order valence-corrected chi connectivity index (χ4v) is 4.33. The molecule has 3 aromatic rings. The van der Waals surface area contributed by atoms with Crippen LogP contribution in [0, 0.1) is 20.8 Å². The molecule has 4 rings (SSSR count). The van der Waals surface area contributed by atoms with Crippen molar-refractivity contribution in [2.45, 2.75) is 45.8 Å². The number of anilines is 2. The first-order chi connectivity index (χ1) is 13.6. The SMILES string of the molecule is Cc1nc(NC(=O)c2c(C)nn3ccc(N4CCC[C@@H]4C(F)(F)F)nc23)sc1C. The number of aryl methyl sites for hydroxylation is 3. The zero-order chi connectivity index (χ0) is 20.9. The van der Waals surface area contributed by atoms with Crippen LogP contribution in [-0.4, -0.2) is 44.3 Å². The van der Waals surface area contributed by atoms with Crippen LogP contribution in [0.25, 0.3) is 5.65 Å². The number of rotatable bonds is 3. The van der Waals surface area contributed by atoms with Crippen LogP contribution in [0.4, 0.5) is 24.1 Å². The normalized spacial score (nSPS) is 17.3. The Labute approximate surface area is 168 Å². The third-order valence-electron chi connectivity index (χ3n) is 5.05. The van der Waals surface area contributed by atoms with Crippen molar-refractivity contribution in [3.05, 3.63) is 34.1 Å². The van der Waals surface area contributed by atoms with Crippen LogP contribution in [0.1, 0.15) is 39.5 Å². The van der Waals surface area contributed by atoms with Crippen LogP contribution >= 0.6 is 11.3 Å². The van der Waals surface area contributed by atoms with E-state index in [-0.39, 0.29) is 30.0 Å². The van der Waals surface area contributed by atoms with Gasteiger partial charge in [0.1, 0.15) is 17.4 Å². The maximum atomic E-state index is 13.3. The first kappa shape index (κ1) is 19.6. The third-order valence-corrected chi connectivity index (χ3v) is 6.03. The first-order valence-corrected chi connectivity index (χ1v) is 9.91. The lowest BCUT2D eigenvalue weighted by Crippen LogP contribution is -2.41. The molecule has 0 saturated carbocycles. The van der Waals surface area contributed by atoms with Crippen molar-refractivity contribution in [1.29, 1.82) is 0 Å². The molecule has 4 heterocycles. The summed E-state index contributed by atoms with van der Waals surface area (Å²) in [6, 6.07) is -0.0707. The molecule has 7 nitrogen and oxygen atoms in total. The van der Waals surface area contributed by atoms with E-state index in [4.69, 9.17) is 0 Å². The fraction of sp³-hybridized carbons (Fsp3) is 0.444. The molecule has 0 aliphatic carbocycles. The van der Waals surface area contributed by atoms with Crippen molar-refractivity contribution in [2.75, 3.05) is 16.8 Å². The van der Waals surface area contributed by atoms with E-state index in [1.807, 2.05) is 13.8 Å². The van der Waals surface area contributed by atoms with Crippen LogP contribution < -0.4 is 10.2 Å². The third kappa shape index (κ3) is 3.54. The van der Waals surface area contributed by atoms with Gasteiger partial charge in [-0.15, -0.1) is 11.3 Å². The van der Waals surface area contributed by atoms with Gasteiger partial charge in [0, 0.05) is 17.6 Å². The predicted octanol–water partition coefficient (Wildman–Crippen LogP) is 3.89. The highest BCUT2D eigenvalue weighted by Crippen LogP contribution is 2.35. The zero-order valence-corrected chi connectivity index (χ0v) is 16.9. The molecule has 11 heteroatoms. The van der Waals surface area contributed by atoms with Gasteiger partial charge in [-0.1, -0.05) is 0 Å². The van der Waals surface area contributed by atoms with Gasteiger partial charge in [-0.2, -0.15) is 18.3 Å². The summed E-state index contributed by atoms with van der Waals surface area (Å²) in [6.07, 6.45) is -2.33. The lowest BCUT2D eigenvalue weighted by Gasteiger charge is -2.27. The summed E-state index contributed by atoms with van der Waals surface area (Å²) < 4.78 is 41.4. The minimum atomic E-state index is -4.33. The molecule has 29 heavy (non-hydrogen) atoms. The van der Waals surface area contributed by atoms with Crippen molar-refractivity contribution in [2.24, 2.45) is 0 Å². The zero-order valence-electron chi connectivity index (χ0n) is 16.0. The maximum absolute atomic E-state index is 13.3. The van der Waals surface area contributed by atoms with E-state index in [0.29, 0.717) is 17.2 Å². The maximum Gasteiger partial charge on any atom is 0.408 e. The van der Waals surface area contributed by atoms with Crippen molar-refractivity contribution in [3.8, 4) is 0 Å². The van der Waals surface area contributed by atoms with E-state index >= 15 is 0 Å². The summed E-state index contributed by atoms with van der Waals surface area (Å²) in [4.78, 5) is 23.8. The van der Waals surface area contributed by atoms with Gasteiger partial charge in [0.05, 0.1) is 11.4 Å². The number of halogens is 3. The van der Waals surface area contributed by atoms with Gasteiger partial charge in [0.2, 0.25) is 0 Å². The molecule has 1 N–H and O–H groups in total. The molecule has 0 radical (unpaired) electrons. The molecule has 1 aliphatic heterocycles. The summed E-state index contributed by atoms with van der Waals surface area (Å²) >= 11 is 1.35. The topological polar surface area (TPSA) is 75.4 Å². The van der Waals surface area contributed by atoms with E-state index in [1.165, 1.54) is 33.0 Å². The second kappa shape index (κ2) is 6.97. The van der Waals surface area contributed by atoms with Crippen LogP contribution in [-0.2, 0) is 0 Å². The number of amides is 1. The van der Waals surface area contributed by atoms with E-state index in [0.717, 1.165) is 10.6 Å². The summed E-state index contributed by atoms with van der Waals surface area (Å²) in [7, 11) is 0. The molecule has 1 aliphatic rings. The van der Waals surface area contributed by atoms with E-state index < -0.39 is 18.1 Å². The highest BCUT2D eigenvalue weighted by atomic mass is 32.1. The number of carbonyl (C=O) groups is 1. The molecule has 1 atom stereocenters. The summed E-state index contributed by atoms with van der Waals surface area (Å²) in [5, 5.41) is 7.47. The standard InChI is InChI=1S/C18H19F3N6OS/c1-9-11(3)29-17(22-9)24-16(28)14-10(2)25-27-8-6-13(23-15(14)27)26-7-4-5-12(26)18(19,20)21/h6,8,12H,4-5,7H2,1-3H3,(H,22,24,28)/t12-/m1/s1. The predicted molar refractivity (Wildman–Crippen MR) is 104 cm³/mol. The highest BCUT2D eigenvalue weighted by Gasteiger charge is 2.46. The van der Waals surface area contributed by atoms with Gasteiger partial charge >= 0.3 is 6.18 Å². The van der Waals surface area contributed by atoms with Gasteiger partial charge in [-0.25, -0.2) is 14.5 Å². The van der Waals surface area contributed by atoms with Gasteiger partial charge in [0.15, 0.2) is 10.8 Å². The number of carbonyl (C=O) groups excluding carboxylic acids is 1. The molecule has 3 aromatic heterocycles. The van der Waals surface area contributed by atoms with Crippen molar-refractivity contribution >= 4 is 33.8 Å². The smallest absolute Gasteiger partial charge is 0.344 e. The Morgan fingerprint density at radius 1 is 1.24 bits per heavy atom. The summed E-state index contributed by atoms with van der Waals surface area (Å²) in [5.41, 5.74) is 1.70. The van der Waals surface area contributed by atoms with E-state index in [1.54, 1.807) is 6.92 Å². The second-order valence-electron chi connectivity index (χ2n) is 7.02. The Bertz CT molecular complexity index is 1070. The lowest BCUT2D eigenvalue weighted by atomic mass is 10.2. The van der Waals surface area contributed by atoms with Gasteiger partial charge in [0.25, 0.3) is 5.91 Å². The number of alkyl halides is 3.